The fourth-order valence-corrected chi connectivity index (χ4v) is 2.81. The lowest BCUT2D eigenvalue weighted by molar-refractivity contribution is 0.0629. The summed E-state index contributed by atoms with van der Waals surface area (Å²) in [5, 5.41) is 3.95. The Morgan fingerprint density at radius 3 is 2.95 bits per heavy atom. The highest BCUT2D eigenvalue weighted by atomic mass is 35.5. The molecule has 22 heavy (non-hydrogen) atoms. The summed E-state index contributed by atoms with van der Waals surface area (Å²) in [7, 11) is 0. The highest BCUT2D eigenvalue weighted by Crippen LogP contribution is 2.26. The highest BCUT2D eigenvalue weighted by Gasteiger charge is 2.30. The molecule has 6 nitrogen and oxygen atoms in total. The molecule has 2 heterocycles. The molecule has 1 aliphatic heterocycles. The van der Waals surface area contributed by atoms with Crippen molar-refractivity contribution in [1.82, 2.24) is 20.2 Å². The van der Waals surface area contributed by atoms with Crippen LogP contribution in [0.3, 0.4) is 0 Å². The van der Waals surface area contributed by atoms with Gasteiger partial charge in [0, 0.05) is 37.1 Å². The van der Waals surface area contributed by atoms with Gasteiger partial charge in [0.05, 0.1) is 6.04 Å². The molecule has 0 radical (unpaired) electrons. The van der Waals surface area contributed by atoms with Crippen molar-refractivity contribution < 1.29 is 4.79 Å². The van der Waals surface area contributed by atoms with Crippen molar-refractivity contribution in [1.29, 1.82) is 0 Å². The summed E-state index contributed by atoms with van der Waals surface area (Å²) >= 11 is 6.07. The lowest BCUT2D eigenvalue weighted by atomic mass is 10.0. The molecule has 0 bridgehead atoms. The predicted molar refractivity (Wildman–Crippen MR) is 84.5 cm³/mol. The summed E-state index contributed by atoms with van der Waals surface area (Å²) in [4.78, 5) is 22.6. The van der Waals surface area contributed by atoms with Crippen LogP contribution in [0.1, 0.15) is 22.1 Å². The van der Waals surface area contributed by atoms with Gasteiger partial charge in [-0.2, -0.15) is 0 Å². The van der Waals surface area contributed by atoms with Gasteiger partial charge in [-0.3, -0.25) is 4.79 Å². The number of amides is 1. The Morgan fingerprint density at radius 2 is 2.18 bits per heavy atom. The third-order valence-corrected chi connectivity index (χ3v) is 3.90. The van der Waals surface area contributed by atoms with E-state index in [-0.39, 0.29) is 23.5 Å². The Kier molecular flexibility index (Phi) is 4.22. The fourth-order valence-electron chi connectivity index (χ4n) is 2.61. The number of hydrogen-bond donors (Lipinski definition) is 2. The van der Waals surface area contributed by atoms with E-state index < -0.39 is 0 Å². The van der Waals surface area contributed by atoms with Crippen molar-refractivity contribution in [2.45, 2.75) is 6.04 Å². The Balaban J connectivity index is 1.93. The molecule has 0 spiro atoms. The summed E-state index contributed by atoms with van der Waals surface area (Å²) in [5.41, 5.74) is 6.95. The molecule has 0 saturated carbocycles. The topological polar surface area (TPSA) is 84.1 Å². The van der Waals surface area contributed by atoms with E-state index in [9.17, 15) is 4.79 Å². The summed E-state index contributed by atoms with van der Waals surface area (Å²) in [5.74, 6) is -0.0621. The van der Waals surface area contributed by atoms with E-state index in [1.54, 1.807) is 4.90 Å². The smallest absolute Gasteiger partial charge is 0.276 e. The average molecular weight is 318 g/mol. The number of piperazine rings is 1. The normalized spacial score (nSPS) is 18.2. The molecule has 2 aromatic rings. The minimum absolute atomic E-state index is 0.110. The van der Waals surface area contributed by atoms with Crippen molar-refractivity contribution in [3.05, 3.63) is 52.9 Å². The number of anilines is 1. The molecule has 3 N–H and O–H groups in total. The van der Waals surface area contributed by atoms with E-state index in [2.05, 4.69) is 15.3 Å². The molecule has 0 aliphatic carbocycles. The molecule has 1 atom stereocenters. The second-order valence-corrected chi connectivity index (χ2v) is 5.50. The van der Waals surface area contributed by atoms with Crippen LogP contribution in [-0.4, -0.2) is 40.4 Å². The lowest BCUT2D eigenvalue weighted by Gasteiger charge is -2.36. The summed E-state index contributed by atoms with van der Waals surface area (Å²) in [6, 6.07) is 7.42. The van der Waals surface area contributed by atoms with Crippen LogP contribution in [0.2, 0.25) is 5.02 Å². The molecule has 3 rings (SSSR count). The average Bonchev–Trinajstić information content (AvgIpc) is 2.55. The van der Waals surface area contributed by atoms with Crippen molar-refractivity contribution in [3.8, 4) is 0 Å². The number of halogens is 1. The van der Waals surface area contributed by atoms with Gasteiger partial charge in [-0.1, -0.05) is 23.7 Å². The zero-order valence-electron chi connectivity index (χ0n) is 11.9. The van der Waals surface area contributed by atoms with E-state index in [0.29, 0.717) is 18.1 Å². The Morgan fingerprint density at radius 1 is 1.36 bits per heavy atom. The summed E-state index contributed by atoms with van der Waals surface area (Å²) < 4.78 is 0. The van der Waals surface area contributed by atoms with Gasteiger partial charge < -0.3 is 16.0 Å². The summed E-state index contributed by atoms with van der Waals surface area (Å²) in [6.07, 6.45) is 2.94. The van der Waals surface area contributed by atoms with Gasteiger partial charge in [0.1, 0.15) is 0 Å². The lowest BCUT2D eigenvalue weighted by Crippen LogP contribution is -2.49. The van der Waals surface area contributed by atoms with Gasteiger partial charge in [0.25, 0.3) is 5.91 Å². The van der Waals surface area contributed by atoms with E-state index in [1.165, 1.54) is 12.4 Å². The molecule has 114 valence electrons. The van der Waals surface area contributed by atoms with E-state index in [0.717, 1.165) is 12.1 Å². The van der Waals surface area contributed by atoms with E-state index >= 15 is 0 Å². The Hall–Kier alpha value is -2.18. The van der Waals surface area contributed by atoms with Crippen molar-refractivity contribution in [2.24, 2.45) is 0 Å². The number of nitrogens with zero attached hydrogens (tertiary/aromatic N) is 3. The number of carbonyl (C=O) groups excluding carboxylic acids is 1. The standard InChI is InChI=1S/C15H16ClN5O/c16-11-3-1-2-10(8-11)12-9-18-6-7-21(12)15(22)13-14(17)20-5-4-19-13/h1-5,8,12,18H,6-7,9H2,(H2,17,20). The first-order chi connectivity index (χ1) is 10.7. The van der Waals surface area contributed by atoms with Crippen LogP contribution >= 0.6 is 11.6 Å². The molecule has 1 amide bonds. The fraction of sp³-hybridized carbons (Fsp3) is 0.267. The number of carbonyl (C=O) groups is 1. The van der Waals surface area contributed by atoms with Gasteiger partial charge in [-0.05, 0) is 17.7 Å². The number of nitrogen functional groups attached to an aromatic ring is 1. The largest absolute Gasteiger partial charge is 0.382 e. The molecule has 1 aromatic heterocycles. The number of benzene rings is 1. The molecule has 1 fully saturated rings. The number of rotatable bonds is 2. The number of hydrogen-bond acceptors (Lipinski definition) is 5. The Labute approximate surface area is 133 Å². The Bertz CT molecular complexity index is 693. The number of nitrogens with two attached hydrogens (primary N) is 1. The summed E-state index contributed by atoms with van der Waals surface area (Å²) in [6.45, 7) is 1.96. The third-order valence-electron chi connectivity index (χ3n) is 3.67. The van der Waals surface area contributed by atoms with Gasteiger partial charge in [0.15, 0.2) is 11.5 Å². The van der Waals surface area contributed by atoms with Crippen LogP contribution in [0.25, 0.3) is 0 Å². The molecular formula is C15H16ClN5O. The van der Waals surface area contributed by atoms with Crippen LogP contribution in [-0.2, 0) is 0 Å². The molecule has 1 unspecified atom stereocenters. The van der Waals surface area contributed by atoms with Crippen molar-refractivity contribution in [2.75, 3.05) is 25.4 Å². The van der Waals surface area contributed by atoms with Crippen LogP contribution in [0.15, 0.2) is 36.7 Å². The predicted octanol–water partition coefficient (Wildman–Crippen LogP) is 1.50. The quantitative estimate of drug-likeness (QED) is 0.877. The molecule has 7 heteroatoms. The van der Waals surface area contributed by atoms with Crippen LogP contribution in [0.5, 0.6) is 0 Å². The monoisotopic (exact) mass is 317 g/mol. The first-order valence-corrected chi connectivity index (χ1v) is 7.38. The first-order valence-electron chi connectivity index (χ1n) is 7.00. The molecular weight excluding hydrogens is 302 g/mol. The van der Waals surface area contributed by atoms with Crippen molar-refractivity contribution in [3.63, 3.8) is 0 Å². The van der Waals surface area contributed by atoms with E-state index in [1.807, 2.05) is 24.3 Å². The van der Waals surface area contributed by atoms with Crippen molar-refractivity contribution >= 4 is 23.3 Å². The first kappa shape index (κ1) is 14.7. The maximum Gasteiger partial charge on any atom is 0.276 e. The van der Waals surface area contributed by atoms with Gasteiger partial charge in [0.2, 0.25) is 0 Å². The highest BCUT2D eigenvalue weighted by molar-refractivity contribution is 6.30. The van der Waals surface area contributed by atoms with Crippen LogP contribution in [0, 0.1) is 0 Å². The second-order valence-electron chi connectivity index (χ2n) is 5.06. The molecule has 1 aromatic carbocycles. The minimum atomic E-state index is -0.211. The SMILES string of the molecule is Nc1nccnc1C(=O)N1CCNCC1c1cccc(Cl)c1. The van der Waals surface area contributed by atoms with Gasteiger partial charge >= 0.3 is 0 Å². The molecule has 1 saturated heterocycles. The van der Waals surface area contributed by atoms with Gasteiger partial charge in [-0.25, -0.2) is 9.97 Å². The minimum Gasteiger partial charge on any atom is -0.382 e. The van der Waals surface area contributed by atoms with Gasteiger partial charge in [-0.15, -0.1) is 0 Å². The zero-order valence-corrected chi connectivity index (χ0v) is 12.6. The maximum atomic E-state index is 12.8. The zero-order chi connectivity index (χ0) is 15.5. The third kappa shape index (κ3) is 2.88. The second kappa shape index (κ2) is 6.29. The maximum absolute atomic E-state index is 12.8. The van der Waals surface area contributed by atoms with Crippen LogP contribution in [0.4, 0.5) is 5.82 Å². The number of nitrogens with one attached hydrogen (secondary N) is 1. The number of aromatic nitrogens is 2. The molecule has 1 aliphatic rings. The van der Waals surface area contributed by atoms with Crippen LogP contribution < -0.4 is 11.1 Å². The van der Waals surface area contributed by atoms with E-state index in [4.69, 9.17) is 17.3 Å².